The van der Waals surface area contributed by atoms with Crippen LogP contribution in [0.3, 0.4) is 0 Å². The van der Waals surface area contributed by atoms with E-state index in [1.807, 2.05) is 12.1 Å². The zero-order valence-corrected chi connectivity index (χ0v) is 10.8. The summed E-state index contributed by atoms with van der Waals surface area (Å²) in [6.07, 6.45) is 0.407. The topological polar surface area (TPSA) is 32.7 Å². The number of hydrazone groups is 1. The first-order valence-corrected chi connectivity index (χ1v) is 5.83. The van der Waals surface area contributed by atoms with Crippen LogP contribution in [0.2, 0.25) is 0 Å². The van der Waals surface area contributed by atoms with Gasteiger partial charge in [0.15, 0.2) is 0 Å². The van der Waals surface area contributed by atoms with Crippen molar-refractivity contribution in [3.63, 3.8) is 0 Å². The van der Waals surface area contributed by atoms with Gasteiger partial charge in [0.2, 0.25) is 5.91 Å². The molecule has 1 amide bonds. The average Bonchev–Trinajstić information content (AvgIpc) is 2.58. The normalized spacial score (nSPS) is 16.4. The molecule has 0 radical (unpaired) electrons. The van der Waals surface area contributed by atoms with Crippen LogP contribution in [0.15, 0.2) is 29.4 Å². The molecule has 1 heterocycles. The number of carbonyl (C=O) groups excluding carboxylic acids is 1. The van der Waals surface area contributed by atoms with Crippen molar-refractivity contribution in [1.82, 2.24) is 5.01 Å². The highest BCUT2D eigenvalue weighted by Gasteiger charge is 2.22. The number of hydrogen-bond donors (Lipinski definition) is 0. The molecule has 0 spiro atoms. The third-order valence-electron chi connectivity index (χ3n) is 3.01. The van der Waals surface area contributed by atoms with E-state index >= 15 is 0 Å². The Morgan fingerprint density at radius 3 is 2.53 bits per heavy atom. The molecule has 3 nitrogen and oxygen atoms in total. The van der Waals surface area contributed by atoms with E-state index in [4.69, 9.17) is 0 Å². The Labute approximate surface area is 102 Å². The molecule has 0 N–H and O–H groups in total. The van der Waals surface area contributed by atoms with Gasteiger partial charge in [-0.1, -0.05) is 39.0 Å². The van der Waals surface area contributed by atoms with Crippen LogP contribution in [-0.4, -0.2) is 23.7 Å². The van der Waals surface area contributed by atoms with Crippen LogP contribution in [0.4, 0.5) is 0 Å². The maximum Gasteiger partial charge on any atom is 0.248 e. The third kappa shape index (κ3) is 2.38. The highest BCUT2D eigenvalue weighted by atomic mass is 16.2. The van der Waals surface area contributed by atoms with Gasteiger partial charge in [-0.2, -0.15) is 5.10 Å². The number of nitrogens with zero attached hydrogens (tertiary/aromatic N) is 2. The highest BCUT2D eigenvalue weighted by Crippen LogP contribution is 2.24. The van der Waals surface area contributed by atoms with Gasteiger partial charge < -0.3 is 0 Å². The Morgan fingerprint density at radius 2 is 2.00 bits per heavy atom. The van der Waals surface area contributed by atoms with E-state index < -0.39 is 0 Å². The summed E-state index contributed by atoms with van der Waals surface area (Å²) in [4.78, 5) is 11.5. The van der Waals surface area contributed by atoms with Gasteiger partial charge in [0, 0.05) is 7.05 Å². The van der Waals surface area contributed by atoms with E-state index in [1.165, 1.54) is 10.6 Å². The summed E-state index contributed by atoms with van der Waals surface area (Å²) >= 11 is 0. The summed E-state index contributed by atoms with van der Waals surface area (Å²) in [5.41, 5.74) is 3.30. The minimum Gasteiger partial charge on any atom is -0.273 e. The lowest BCUT2D eigenvalue weighted by molar-refractivity contribution is -0.127. The van der Waals surface area contributed by atoms with Crippen molar-refractivity contribution in [1.29, 1.82) is 0 Å². The van der Waals surface area contributed by atoms with Gasteiger partial charge in [-0.05, 0) is 22.6 Å². The van der Waals surface area contributed by atoms with E-state index in [2.05, 4.69) is 38.0 Å². The van der Waals surface area contributed by atoms with E-state index in [-0.39, 0.29) is 11.3 Å². The van der Waals surface area contributed by atoms with Crippen molar-refractivity contribution in [2.75, 3.05) is 7.05 Å². The van der Waals surface area contributed by atoms with Crippen molar-refractivity contribution >= 4 is 11.6 Å². The van der Waals surface area contributed by atoms with Crippen LogP contribution in [0.5, 0.6) is 0 Å². The lowest BCUT2D eigenvalue weighted by atomic mass is 9.85. The van der Waals surface area contributed by atoms with Crippen molar-refractivity contribution in [3.05, 3.63) is 35.4 Å². The molecule has 0 aliphatic carbocycles. The molecule has 2 rings (SSSR count). The zero-order chi connectivity index (χ0) is 12.6. The molecular weight excluding hydrogens is 212 g/mol. The Kier molecular flexibility index (Phi) is 2.77. The van der Waals surface area contributed by atoms with Crippen molar-refractivity contribution in [3.8, 4) is 0 Å². The molecule has 1 aliphatic rings. The number of benzene rings is 1. The fraction of sp³-hybridized carbons (Fsp3) is 0.429. The fourth-order valence-corrected chi connectivity index (χ4v) is 1.85. The van der Waals surface area contributed by atoms with E-state index in [0.29, 0.717) is 6.42 Å². The number of carbonyl (C=O) groups is 1. The van der Waals surface area contributed by atoms with Gasteiger partial charge in [0.1, 0.15) is 0 Å². The molecule has 0 aromatic heterocycles. The molecule has 17 heavy (non-hydrogen) atoms. The first kappa shape index (κ1) is 11.8. The van der Waals surface area contributed by atoms with Crippen LogP contribution < -0.4 is 0 Å². The molecule has 1 aliphatic heterocycles. The monoisotopic (exact) mass is 230 g/mol. The van der Waals surface area contributed by atoms with Crippen LogP contribution in [0.1, 0.15) is 38.3 Å². The summed E-state index contributed by atoms with van der Waals surface area (Å²) in [7, 11) is 1.70. The molecule has 0 saturated carbocycles. The molecular formula is C14H18N2O. The molecule has 90 valence electrons. The van der Waals surface area contributed by atoms with Gasteiger partial charge >= 0.3 is 0 Å². The van der Waals surface area contributed by atoms with Crippen LogP contribution >= 0.6 is 0 Å². The summed E-state index contributed by atoms with van der Waals surface area (Å²) in [5.74, 6) is 0.0566. The van der Waals surface area contributed by atoms with Crippen molar-refractivity contribution in [2.45, 2.75) is 32.6 Å². The number of amides is 1. The average molecular weight is 230 g/mol. The van der Waals surface area contributed by atoms with Gasteiger partial charge in [0.05, 0.1) is 12.1 Å². The molecule has 1 aromatic rings. The zero-order valence-electron chi connectivity index (χ0n) is 10.8. The Balaban J connectivity index is 2.35. The van der Waals surface area contributed by atoms with E-state index in [9.17, 15) is 4.79 Å². The van der Waals surface area contributed by atoms with Crippen molar-refractivity contribution < 1.29 is 4.79 Å². The molecule has 0 saturated heterocycles. The molecule has 0 atom stereocenters. The Hall–Kier alpha value is -1.64. The van der Waals surface area contributed by atoms with Crippen LogP contribution in [-0.2, 0) is 10.2 Å². The highest BCUT2D eigenvalue weighted by molar-refractivity contribution is 6.13. The minimum absolute atomic E-state index is 0.0566. The largest absolute Gasteiger partial charge is 0.273 e. The maximum atomic E-state index is 11.5. The first-order valence-electron chi connectivity index (χ1n) is 5.83. The van der Waals surface area contributed by atoms with Crippen molar-refractivity contribution in [2.24, 2.45) is 5.10 Å². The molecule has 1 aromatic carbocycles. The predicted molar refractivity (Wildman–Crippen MR) is 69.1 cm³/mol. The quantitative estimate of drug-likeness (QED) is 0.729. The lowest BCUT2D eigenvalue weighted by Crippen LogP contribution is -2.14. The standard InChI is InChI=1S/C14H18N2O/c1-14(2,3)11-7-5-6-10(8-11)12-9-13(17)16(4)15-12/h5-8H,9H2,1-4H3. The second-order valence-corrected chi connectivity index (χ2v) is 5.47. The summed E-state index contributed by atoms with van der Waals surface area (Å²) in [6, 6.07) is 8.29. The summed E-state index contributed by atoms with van der Waals surface area (Å²) in [6.45, 7) is 6.54. The van der Waals surface area contributed by atoms with E-state index in [0.717, 1.165) is 11.3 Å². The molecule has 0 unspecified atom stereocenters. The molecule has 3 heteroatoms. The van der Waals surface area contributed by atoms with E-state index in [1.54, 1.807) is 7.05 Å². The Bertz CT molecular complexity index is 483. The maximum absolute atomic E-state index is 11.5. The lowest BCUT2D eigenvalue weighted by Gasteiger charge is -2.19. The smallest absolute Gasteiger partial charge is 0.248 e. The van der Waals surface area contributed by atoms with Crippen LogP contribution in [0, 0.1) is 0 Å². The fourth-order valence-electron chi connectivity index (χ4n) is 1.85. The minimum atomic E-state index is 0.0566. The van der Waals surface area contributed by atoms with Gasteiger partial charge in [-0.25, -0.2) is 5.01 Å². The summed E-state index contributed by atoms with van der Waals surface area (Å²) < 4.78 is 0. The summed E-state index contributed by atoms with van der Waals surface area (Å²) in [5, 5.41) is 5.68. The number of hydrogen-bond acceptors (Lipinski definition) is 2. The second-order valence-electron chi connectivity index (χ2n) is 5.47. The SMILES string of the molecule is CN1N=C(c2cccc(C(C)(C)C)c2)CC1=O. The third-order valence-corrected chi connectivity index (χ3v) is 3.01. The molecule has 0 bridgehead atoms. The molecule has 0 fully saturated rings. The van der Waals surface area contributed by atoms with Crippen LogP contribution in [0.25, 0.3) is 0 Å². The van der Waals surface area contributed by atoms with Gasteiger partial charge in [0.25, 0.3) is 0 Å². The predicted octanol–water partition coefficient (Wildman–Crippen LogP) is 2.55. The van der Waals surface area contributed by atoms with Gasteiger partial charge in [-0.15, -0.1) is 0 Å². The Morgan fingerprint density at radius 1 is 1.29 bits per heavy atom. The second kappa shape index (κ2) is 3.99. The van der Waals surface area contributed by atoms with Gasteiger partial charge in [-0.3, -0.25) is 4.79 Å². The number of rotatable bonds is 1. The first-order chi connectivity index (χ1) is 7.88.